The van der Waals surface area contributed by atoms with Crippen molar-refractivity contribution in [2.24, 2.45) is 0 Å². The molecular weight excluding hydrogens is 397 g/mol. The van der Waals surface area contributed by atoms with Crippen LogP contribution in [-0.2, 0) is 16.1 Å². The third kappa shape index (κ3) is 5.12. The van der Waals surface area contributed by atoms with Crippen LogP contribution in [-0.4, -0.2) is 11.9 Å². The highest BCUT2D eigenvalue weighted by molar-refractivity contribution is 6.42. The highest BCUT2D eigenvalue weighted by Gasteiger charge is 2.24. The zero-order valence-corrected chi connectivity index (χ0v) is 16.3. The van der Waals surface area contributed by atoms with Crippen LogP contribution in [0.2, 0.25) is 10.0 Å². The van der Waals surface area contributed by atoms with E-state index in [0.29, 0.717) is 26.7 Å². The molecule has 0 saturated heterocycles. The number of benzene rings is 3. The number of nitrogens with one attached hydrogen (secondary N) is 1. The molecule has 0 aliphatic heterocycles. The highest BCUT2D eigenvalue weighted by Crippen LogP contribution is 2.23. The van der Waals surface area contributed by atoms with E-state index < -0.39 is 12.0 Å². The first-order valence-electron chi connectivity index (χ1n) is 8.56. The summed E-state index contributed by atoms with van der Waals surface area (Å²) in [5.74, 6) is -0.928. The summed E-state index contributed by atoms with van der Waals surface area (Å²) < 4.78 is 5.42. The Bertz CT molecular complexity index is 962. The van der Waals surface area contributed by atoms with Crippen molar-refractivity contribution in [1.29, 1.82) is 0 Å². The van der Waals surface area contributed by atoms with Crippen LogP contribution in [0.15, 0.2) is 78.9 Å². The van der Waals surface area contributed by atoms with Gasteiger partial charge >= 0.3 is 5.97 Å². The van der Waals surface area contributed by atoms with Gasteiger partial charge in [0.15, 0.2) is 6.04 Å². The lowest BCUT2D eigenvalue weighted by atomic mass is 10.1. The van der Waals surface area contributed by atoms with E-state index in [4.69, 9.17) is 27.9 Å². The van der Waals surface area contributed by atoms with Gasteiger partial charge in [-0.3, -0.25) is 4.79 Å². The van der Waals surface area contributed by atoms with Crippen molar-refractivity contribution in [3.05, 3.63) is 106 Å². The monoisotopic (exact) mass is 413 g/mol. The van der Waals surface area contributed by atoms with Gasteiger partial charge in [0.2, 0.25) is 0 Å². The topological polar surface area (TPSA) is 55.4 Å². The van der Waals surface area contributed by atoms with Crippen molar-refractivity contribution in [2.75, 3.05) is 0 Å². The van der Waals surface area contributed by atoms with Crippen LogP contribution in [0.5, 0.6) is 0 Å². The van der Waals surface area contributed by atoms with Crippen LogP contribution >= 0.6 is 23.2 Å². The second-order valence-corrected chi connectivity index (χ2v) is 6.85. The van der Waals surface area contributed by atoms with Crippen LogP contribution in [0.25, 0.3) is 0 Å². The Morgan fingerprint density at radius 1 is 0.857 bits per heavy atom. The molecule has 0 unspecified atom stereocenters. The number of rotatable bonds is 6. The Hall–Kier alpha value is -2.82. The van der Waals surface area contributed by atoms with Gasteiger partial charge in [-0.25, -0.2) is 4.79 Å². The lowest BCUT2D eigenvalue weighted by molar-refractivity contribution is -0.147. The van der Waals surface area contributed by atoms with Crippen molar-refractivity contribution in [2.45, 2.75) is 12.6 Å². The molecule has 142 valence electrons. The standard InChI is InChI=1S/C22H17Cl2NO3/c23-18-12-11-15(13-19(18)24)14-28-22(27)20(16-7-3-1-4-8-16)25-21(26)17-9-5-2-6-10-17/h1-13,20H,14H2,(H,25,26)/t20-/m1/s1. The molecule has 3 aromatic carbocycles. The Kier molecular flexibility index (Phi) is 6.69. The minimum atomic E-state index is -0.934. The molecule has 6 heteroatoms. The van der Waals surface area contributed by atoms with Gasteiger partial charge in [0.25, 0.3) is 5.91 Å². The number of esters is 1. The van der Waals surface area contributed by atoms with Gasteiger partial charge in [0.1, 0.15) is 6.61 Å². The molecular formula is C22H17Cl2NO3. The third-order valence-electron chi connectivity index (χ3n) is 4.05. The summed E-state index contributed by atoms with van der Waals surface area (Å²) in [6.07, 6.45) is 0. The fourth-order valence-corrected chi connectivity index (χ4v) is 2.92. The zero-order valence-electron chi connectivity index (χ0n) is 14.8. The molecule has 1 atom stereocenters. The van der Waals surface area contributed by atoms with Crippen molar-refractivity contribution in [3.63, 3.8) is 0 Å². The molecule has 0 aliphatic rings. The van der Waals surface area contributed by atoms with Gasteiger partial charge in [-0.1, -0.05) is 77.8 Å². The summed E-state index contributed by atoms with van der Waals surface area (Å²) in [4.78, 5) is 25.3. The summed E-state index contributed by atoms with van der Waals surface area (Å²) in [5, 5.41) is 3.55. The van der Waals surface area contributed by atoms with Crippen molar-refractivity contribution in [3.8, 4) is 0 Å². The van der Waals surface area contributed by atoms with Crippen LogP contribution in [0.3, 0.4) is 0 Å². The number of carbonyl (C=O) groups is 2. The fraction of sp³-hybridized carbons (Fsp3) is 0.0909. The number of carbonyl (C=O) groups excluding carboxylic acids is 2. The summed E-state index contributed by atoms with van der Waals surface area (Å²) in [5.41, 5.74) is 1.79. The molecule has 0 fully saturated rings. The summed E-state index contributed by atoms with van der Waals surface area (Å²) in [6.45, 7) is 0.0142. The van der Waals surface area contributed by atoms with E-state index in [1.807, 2.05) is 12.1 Å². The molecule has 0 aliphatic carbocycles. The second-order valence-electron chi connectivity index (χ2n) is 6.04. The van der Waals surface area contributed by atoms with Gasteiger partial charge in [-0.2, -0.15) is 0 Å². The Balaban J connectivity index is 1.75. The van der Waals surface area contributed by atoms with Gasteiger partial charge in [0.05, 0.1) is 10.0 Å². The van der Waals surface area contributed by atoms with E-state index in [1.54, 1.807) is 66.7 Å². The van der Waals surface area contributed by atoms with E-state index >= 15 is 0 Å². The normalized spacial score (nSPS) is 11.5. The molecule has 3 aromatic rings. The predicted octanol–water partition coefficient (Wildman–Crippen LogP) is 5.21. The lowest BCUT2D eigenvalue weighted by Crippen LogP contribution is -2.34. The minimum absolute atomic E-state index is 0.0142. The van der Waals surface area contributed by atoms with Gasteiger partial charge in [-0.05, 0) is 35.4 Å². The minimum Gasteiger partial charge on any atom is -0.459 e. The van der Waals surface area contributed by atoms with Crippen LogP contribution < -0.4 is 5.32 Å². The molecule has 4 nitrogen and oxygen atoms in total. The molecule has 0 heterocycles. The average Bonchev–Trinajstić information content (AvgIpc) is 2.73. The van der Waals surface area contributed by atoms with E-state index in [1.165, 1.54) is 0 Å². The number of halogens is 2. The quantitative estimate of drug-likeness (QED) is 0.564. The van der Waals surface area contributed by atoms with Crippen LogP contribution in [0, 0.1) is 0 Å². The Labute approximate surface area is 173 Å². The average molecular weight is 414 g/mol. The van der Waals surface area contributed by atoms with E-state index in [2.05, 4.69) is 5.32 Å². The van der Waals surface area contributed by atoms with Crippen molar-refractivity contribution in [1.82, 2.24) is 5.32 Å². The first-order valence-corrected chi connectivity index (χ1v) is 9.31. The molecule has 1 amide bonds. The predicted molar refractivity (Wildman–Crippen MR) is 109 cm³/mol. The molecule has 0 saturated carbocycles. The third-order valence-corrected chi connectivity index (χ3v) is 4.78. The number of hydrogen-bond donors (Lipinski definition) is 1. The summed E-state index contributed by atoms with van der Waals surface area (Å²) in [6, 6.07) is 21.7. The number of ether oxygens (including phenoxy) is 1. The first-order chi connectivity index (χ1) is 13.5. The van der Waals surface area contributed by atoms with E-state index in [9.17, 15) is 9.59 Å². The smallest absolute Gasteiger partial charge is 0.333 e. The van der Waals surface area contributed by atoms with E-state index in [0.717, 1.165) is 0 Å². The number of hydrogen-bond acceptors (Lipinski definition) is 3. The molecule has 0 bridgehead atoms. The second kappa shape index (κ2) is 9.40. The number of amides is 1. The maximum atomic E-state index is 12.7. The first kappa shape index (κ1) is 19.9. The van der Waals surface area contributed by atoms with Gasteiger partial charge in [0, 0.05) is 5.56 Å². The van der Waals surface area contributed by atoms with Crippen molar-refractivity contribution >= 4 is 35.1 Å². The van der Waals surface area contributed by atoms with Crippen LogP contribution in [0.1, 0.15) is 27.5 Å². The zero-order chi connectivity index (χ0) is 19.9. The molecule has 3 rings (SSSR count). The van der Waals surface area contributed by atoms with Gasteiger partial charge in [-0.15, -0.1) is 0 Å². The van der Waals surface area contributed by atoms with Crippen LogP contribution in [0.4, 0.5) is 0 Å². The van der Waals surface area contributed by atoms with Gasteiger partial charge < -0.3 is 10.1 Å². The maximum absolute atomic E-state index is 12.7. The Morgan fingerprint density at radius 3 is 2.14 bits per heavy atom. The highest BCUT2D eigenvalue weighted by atomic mass is 35.5. The lowest BCUT2D eigenvalue weighted by Gasteiger charge is -2.18. The molecule has 0 radical (unpaired) electrons. The maximum Gasteiger partial charge on any atom is 0.333 e. The van der Waals surface area contributed by atoms with Crippen molar-refractivity contribution < 1.29 is 14.3 Å². The summed E-state index contributed by atoms with van der Waals surface area (Å²) >= 11 is 11.9. The molecule has 1 N–H and O–H groups in total. The summed E-state index contributed by atoms with van der Waals surface area (Å²) in [7, 11) is 0. The fourth-order valence-electron chi connectivity index (χ4n) is 2.59. The SMILES string of the molecule is O=C(N[C@@H](C(=O)OCc1ccc(Cl)c(Cl)c1)c1ccccc1)c1ccccc1. The Morgan fingerprint density at radius 2 is 1.50 bits per heavy atom. The largest absolute Gasteiger partial charge is 0.459 e. The molecule has 0 spiro atoms. The molecule has 0 aromatic heterocycles. The van der Waals surface area contributed by atoms with E-state index in [-0.39, 0.29) is 12.5 Å². The molecule has 28 heavy (non-hydrogen) atoms.